The quantitative estimate of drug-likeness (QED) is 0.217. The highest BCUT2D eigenvalue weighted by molar-refractivity contribution is 6.06. The van der Waals surface area contributed by atoms with Crippen molar-refractivity contribution in [2.75, 3.05) is 0 Å². The van der Waals surface area contributed by atoms with Crippen molar-refractivity contribution in [2.45, 2.75) is 24.2 Å². The lowest BCUT2D eigenvalue weighted by Crippen LogP contribution is -2.39. The minimum Gasteiger partial charge on any atom is -0.485 e. The molecule has 0 saturated carbocycles. The van der Waals surface area contributed by atoms with Crippen molar-refractivity contribution in [3.05, 3.63) is 156 Å². The monoisotopic (exact) mass is 584 g/mol. The lowest BCUT2D eigenvalue weighted by Gasteiger charge is -2.33. The van der Waals surface area contributed by atoms with Gasteiger partial charge in [-0.2, -0.15) is 0 Å². The molecule has 3 aliphatic rings. The fourth-order valence-corrected chi connectivity index (χ4v) is 7.26. The molecule has 0 bridgehead atoms. The van der Waals surface area contributed by atoms with E-state index in [4.69, 9.17) is 13.6 Å². The Bertz CT molecular complexity index is 2410. The number of hydrogen-bond donors (Lipinski definition) is 2. The second-order valence-electron chi connectivity index (χ2n) is 12.1. The van der Waals surface area contributed by atoms with Crippen LogP contribution in [0.25, 0.3) is 49.6 Å². The number of rotatable bonds is 3. The Morgan fingerprint density at radius 1 is 0.578 bits per heavy atom. The molecular weight excluding hydrogens is 556 g/mol. The summed E-state index contributed by atoms with van der Waals surface area (Å²) in [7, 11) is 0. The first-order chi connectivity index (χ1) is 22.2. The van der Waals surface area contributed by atoms with E-state index in [1.807, 2.05) is 24.3 Å². The molecule has 1 aliphatic carbocycles. The summed E-state index contributed by atoms with van der Waals surface area (Å²) in [5.74, 6) is 1.20. The topological polar surface area (TPSA) is 59.6 Å². The van der Waals surface area contributed by atoms with E-state index in [1.165, 1.54) is 11.1 Å². The summed E-state index contributed by atoms with van der Waals surface area (Å²) in [5, 5.41) is 12.2. The Balaban J connectivity index is 1.10. The number of nitrogens with one attached hydrogen (secondary N) is 2. The largest absolute Gasteiger partial charge is 0.485 e. The average Bonchev–Trinajstić information content (AvgIpc) is 3.78. The SMILES string of the molecule is C1=CC2Oc3ccc(C4C=C(c5ccc6oc7ccccc7c6c5)NC(c5ccc6oc7ccccc7c6c5)N4)cc3C2C=C1. The molecule has 0 saturated heterocycles. The van der Waals surface area contributed by atoms with Gasteiger partial charge in [0.25, 0.3) is 0 Å². The summed E-state index contributed by atoms with van der Waals surface area (Å²) in [6.45, 7) is 0. The van der Waals surface area contributed by atoms with Gasteiger partial charge in [0, 0.05) is 38.7 Å². The molecule has 0 amide bonds. The second-order valence-corrected chi connectivity index (χ2v) is 12.1. The summed E-state index contributed by atoms with van der Waals surface area (Å²) in [6, 6.07) is 36.0. The van der Waals surface area contributed by atoms with Gasteiger partial charge in [-0.15, -0.1) is 0 Å². The fraction of sp³-hybridized carbons (Fsp3) is 0.100. The van der Waals surface area contributed by atoms with Crippen LogP contribution < -0.4 is 15.4 Å². The van der Waals surface area contributed by atoms with Crippen molar-refractivity contribution in [3.8, 4) is 5.75 Å². The third kappa shape index (κ3) is 3.91. The number of hydrogen-bond acceptors (Lipinski definition) is 5. The van der Waals surface area contributed by atoms with Gasteiger partial charge in [0.15, 0.2) is 0 Å². The van der Waals surface area contributed by atoms with Gasteiger partial charge in [-0.3, -0.25) is 5.32 Å². The van der Waals surface area contributed by atoms with Crippen molar-refractivity contribution >= 4 is 49.6 Å². The van der Waals surface area contributed by atoms with Crippen LogP contribution in [0.2, 0.25) is 0 Å². The zero-order valence-electron chi connectivity index (χ0n) is 24.2. The molecule has 4 unspecified atom stereocenters. The molecule has 2 aliphatic heterocycles. The fourth-order valence-electron chi connectivity index (χ4n) is 7.26. The van der Waals surface area contributed by atoms with E-state index in [2.05, 4.69) is 120 Å². The highest BCUT2D eigenvalue weighted by Gasteiger charge is 2.33. The summed E-state index contributed by atoms with van der Waals surface area (Å²) in [5.41, 5.74) is 9.36. The molecular formula is C40H28N2O3. The molecule has 0 fully saturated rings. The van der Waals surface area contributed by atoms with Crippen LogP contribution in [-0.4, -0.2) is 6.10 Å². The molecule has 5 nitrogen and oxygen atoms in total. The van der Waals surface area contributed by atoms with Crippen molar-refractivity contribution in [1.29, 1.82) is 0 Å². The van der Waals surface area contributed by atoms with Crippen LogP contribution in [0.15, 0.2) is 142 Å². The second kappa shape index (κ2) is 9.49. The van der Waals surface area contributed by atoms with E-state index in [0.29, 0.717) is 0 Å². The lowest BCUT2D eigenvalue weighted by atomic mass is 9.89. The van der Waals surface area contributed by atoms with Gasteiger partial charge in [-0.25, -0.2) is 0 Å². The first-order valence-corrected chi connectivity index (χ1v) is 15.5. The summed E-state index contributed by atoms with van der Waals surface area (Å²) in [4.78, 5) is 0. The number of benzene rings is 5. The molecule has 45 heavy (non-hydrogen) atoms. The third-order valence-corrected chi connectivity index (χ3v) is 9.50. The van der Waals surface area contributed by atoms with E-state index in [1.54, 1.807) is 0 Å². The van der Waals surface area contributed by atoms with Crippen LogP contribution in [0.5, 0.6) is 5.75 Å². The molecule has 7 aromatic rings. The standard InChI is InChI=1S/C40H28N2O3/c1-4-10-34-26(7-1)29-19-23(13-16-37(29)43-34)32-22-33(24-14-17-38-30(20-24)27-8-2-5-11-35(27)44-38)42-40(41-32)25-15-18-39-31(21-25)28-9-3-6-12-36(28)45-39/h1-22,26,32,34,40-42H. The molecule has 5 heteroatoms. The Labute approximate surface area is 259 Å². The molecule has 2 aromatic heterocycles. The number of ether oxygens (including phenoxy) is 1. The number of para-hydroxylation sites is 2. The lowest BCUT2D eigenvalue weighted by molar-refractivity contribution is 0.269. The maximum atomic E-state index is 6.27. The summed E-state index contributed by atoms with van der Waals surface area (Å²) >= 11 is 0. The van der Waals surface area contributed by atoms with Gasteiger partial charge in [0.1, 0.15) is 40.4 Å². The molecule has 10 rings (SSSR count). The van der Waals surface area contributed by atoms with Crippen LogP contribution in [0, 0.1) is 0 Å². The molecule has 4 atom stereocenters. The van der Waals surface area contributed by atoms with Crippen molar-refractivity contribution in [2.24, 2.45) is 0 Å². The Hall–Kier alpha value is -5.52. The maximum absolute atomic E-state index is 6.27. The summed E-state index contributed by atoms with van der Waals surface area (Å²) in [6.07, 6.45) is 10.8. The molecule has 4 heterocycles. The highest BCUT2D eigenvalue weighted by Crippen LogP contribution is 2.43. The van der Waals surface area contributed by atoms with E-state index < -0.39 is 0 Å². The minimum absolute atomic E-state index is 0.0349. The average molecular weight is 585 g/mol. The van der Waals surface area contributed by atoms with Crippen LogP contribution in [0.1, 0.15) is 40.4 Å². The number of allylic oxidation sites excluding steroid dienone is 2. The number of furan rings is 2. The van der Waals surface area contributed by atoms with E-state index in [0.717, 1.165) is 66.5 Å². The van der Waals surface area contributed by atoms with Crippen LogP contribution >= 0.6 is 0 Å². The maximum Gasteiger partial charge on any atom is 0.135 e. The van der Waals surface area contributed by atoms with Gasteiger partial charge in [-0.05, 0) is 83.4 Å². The predicted molar refractivity (Wildman–Crippen MR) is 179 cm³/mol. The first-order valence-electron chi connectivity index (χ1n) is 15.5. The summed E-state index contributed by atoms with van der Waals surface area (Å²) < 4.78 is 18.6. The van der Waals surface area contributed by atoms with E-state index in [-0.39, 0.29) is 24.2 Å². The van der Waals surface area contributed by atoms with Gasteiger partial charge < -0.3 is 18.9 Å². The predicted octanol–water partition coefficient (Wildman–Crippen LogP) is 9.43. The van der Waals surface area contributed by atoms with Crippen molar-refractivity contribution in [1.82, 2.24) is 10.6 Å². The van der Waals surface area contributed by atoms with Gasteiger partial charge in [-0.1, -0.05) is 66.8 Å². The number of fused-ring (bicyclic) bond motifs is 9. The van der Waals surface area contributed by atoms with Gasteiger partial charge >= 0.3 is 0 Å². The van der Waals surface area contributed by atoms with Crippen LogP contribution in [0.3, 0.4) is 0 Å². The molecule has 5 aromatic carbocycles. The highest BCUT2D eigenvalue weighted by atomic mass is 16.5. The van der Waals surface area contributed by atoms with Crippen LogP contribution in [0.4, 0.5) is 0 Å². The van der Waals surface area contributed by atoms with Gasteiger partial charge in [0.2, 0.25) is 0 Å². The van der Waals surface area contributed by atoms with Crippen molar-refractivity contribution in [3.63, 3.8) is 0 Å². The Morgan fingerprint density at radius 3 is 2.09 bits per heavy atom. The van der Waals surface area contributed by atoms with Crippen molar-refractivity contribution < 1.29 is 13.6 Å². The normalized spacial score (nSPS) is 22.0. The smallest absolute Gasteiger partial charge is 0.135 e. The van der Waals surface area contributed by atoms with Crippen LogP contribution in [-0.2, 0) is 0 Å². The first kappa shape index (κ1) is 24.9. The van der Waals surface area contributed by atoms with E-state index >= 15 is 0 Å². The third-order valence-electron chi connectivity index (χ3n) is 9.50. The Kier molecular flexibility index (Phi) is 5.24. The molecule has 0 radical (unpaired) electrons. The molecule has 216 valence electrons. The molecule has 2 N–H and O–H groups in total. The Morgan fingerprint density at radius 2 is 1.27 bits per heavy atom. The zero-order chi connectivity index (χ0) is 29.5. The molecule has 0 spiro atoms. The van der Waals surface area contributed by atoms with Gasteiger partial charge in [0.05, 0.1) is 6.04 Å². The zero-order valence-corrected chi connectivity index (χ0v) is 24.2. The van der Waals surface area contributed by atoms with E-state index in [9.17, 15) is 0 Å². The minimum atomic E-state index is -0.139.